The fourth-order valence-corrected chi connectivity index (χ4v) is 3.48. The second kappa shape index (κ2) is 6.81. The van der Waals surface area contributed by atoms with Gasteiger partial charge in [-0.05, 0) is 61.4 Å². The number of rotatable bonds is 3. The van der Waals surface area contributed by atoms with E-state index < -0.39 is 0 Å². The lowest BCUT2D eigenvalue weighted by molar-refractivity contribution is 0.102. The third-order valence-corrected chi connectivity index (χ3v) is 4.82. The van der Waals surface area contributed by atoms with Gasteiger partial charge in [0, 0.05) is 22.4 Å². The minimum atomic E-state index is -0.242. The van der Waals surface area contributed by atoms with E-state index in [2.05, 4.69) is 40.3 Å². The molecule has 0 fully saturated rings. The monoisotopic (exact) mass is 363 g/mol. The molecule has 1 N–H and O–H groups in total. The Kier molecular flexibility index (Phi) is 4.35. The van der Waals surface area contributed by atoms with Crippen LogP contribution in [-0.4, -0.2) is 16.9 Å². The Labute approximate surface area is 157 Å². The first-order valence-corrected chi connectivity index (χ1v) is 8.90. The molecule has 2 heterocycles. The van der Waals surface area contributed by atoms with Crippen LogP contribution in [0, 0.1) is 0 Å². The number of nitrogens with zero attached hydrogens (tertiary/aromatic N) is 2. The maximum Gasteiger partial charge on any atom is 0.274 e. The van der Waals surface area contributed by atoms with Gasteiger partial charge in [-0.2, -0.15) is 0 Å². The molecule has 5 heteroatoms. The maximum atomic E-state index is 12.4. The summed E-state index contributed by atoms with van der Waals surface area (Å²) in [7, 11) is 0. The van der Waals surface area contributed by atoms with E-state index in [0.29, 0.717) is 22.4 Å². The van der Waals surface area contributed by atoms with Gasteiger partial charge in [-0.3, -0.25) is 4.79 Å². The highest BCUT2D eigenvalue weighted by Gasteiger charge is 2.27. The zero-order valence-electron chi connectivity index (χ0n) is 14.3. The summed E-state index contributed by atoms with van der Waals surface area (Å²) in [6, 6.07) is 19.5. The number of nitrogens with one attached hydrogen (secondary N) is 1. The van der Waals surface area contributed by atoms with Crippen molar-refractivity contribution in [3.05, 3.63) is 83.1 Å². The van der Waals surface area contributed by atoms with Crippen LogP contribution in [0.2, 0.25) is 5.02 Å². The average Bonchev–Trinajstić information content (AvgIpc) is 2.99. The van der Waals surface area contributed by atoms with Crippen molar-refractivity contribution in [2.24, 2.45) is 0 Å². The van der Waals surface area contributed by atoms with Gasteiger partial charge in [0.05, 0.1) is 11.9 Å². The fraction of sp³-hybridized carbons (Fsp3) is 0.143. The molecule has 0 saturated heterocycles. The molecule has 26 heavy (non-hydrogen) atoms. The number of benzene rings is 2. The van der Waals surface area contributed by atoms with Crippen LogP contribution >= 0.6 is 11.6 Å². The Morgan fingerprint density at radius 1 is 1.12 bits per heavy atom. The molecule has 4 rings (SSSR count). The number of carbonyl (C=O) groups excluding carboxylic acids is 1. The van der Waals surface area contributed by atoms with Gasteiger partial charge < -0.3 is 10.2 Å². The molecular formula is C21H18ClN3O. The van der Waals surface area contributed by atoms with E-state index in [9.17, 15) is 4.79 Å². The van der Waals surface area contributed by atoms with Crippen LogP contribution in [0.15, 0.2) is 66.9 Å². The van der Waals surface area contributed by atoms with Crippen molar-refractivity contribution in [1.29, 1.82) is 0 Å². The first kappa shape index (κ1) is 16.6. The molecule has 0 radical (unpaired) electrons. The summed E-state index contributed by atoms with van der Waals surface area (Å²) in [5.41, 5.74) is 4.60. The maximum absolute atomic E-state index is 12.4. The highest BCUT2D eigenvalue weighted by molar-refractivity contribution is 6.30. The summed E-state index contributed by atoms with van der Waals surface area (Å²) >= 11 is 5.86. The lowest BCUT2D eigenvalue weighted by Crippen LogP contribution is -2.24. The number of halogens is 1. The Balaban J connectivity index is 1.53. The molecule has 4 nitrogen and oxygen atoms in total. The third-order valence-electron chi connectivity index (χ3n) is 4.57. The molecule has 2 aromatic carbocycles. The largest absolute Gasteiger partial charge is 0.337 e. The minimum absolute atomic E-state index is 0.242. The number of hydrogen-bond donors (Lipinski definition) is 1. The minimum Gasteiger partial charge on any atom is -0.337 e. The van der Waals surface area contributed by atoms with Crippen LogP contribution in [-0.2, 0) is 6.42 Å². The molecule has 3 aromatic rings. The third kappa shape index (κ3) is 3.16. The molecule has 0 bridgehead atoms. The van der Waals surface area contributed by atoms with Crippen LogP contribution in [0.25, 0.3) is 0 Å². The van der Waals surface area contributed by atoms with Crippen LogP contribution in [0.3, 0.4) is 0 Å². The Morgan fingerprint density at radius 3 is 2.62 bits per heavy atom. The van der Waals surface area contributed by atoms with E-state index in [-0.39, 0.29) is 5.91 Å². The Hall–Kier alpha value is -2.85. The van der Waals surface area contributed by atoms with Crippen molar-refractivity contribution in [1.82, 2.24) is 4.98 Å². The normalized spacial score (nSPS) is 15.6. The van der Waals surface area contributed by atoms with Crippen molar-refractivity contribution in [3.8, 4) is 0 Å². The van der Waals surface area contributed by atoms with E-state index in [1.807, 2.05) is 12.1 Å². The van der Waals surface area contributed by atoms with E-state index in [4.69, 9.17) is 11.6 Å². The second-order valence-electron chi connectivity index (χ2n) is 6.41. The van der Waals surface area contributed by atoms with E-state index >= 15 is 0 Å². The van der Waals surface area contributed by atoms with Gasteiger partial charge >= 0.3 is 0 Å². The van der Waals surface area contributed by atoms with Gasteiger partial charge in [0.25, 0.3) is 5.91 Å². The molecule has 1 unspecified atom stereocenters. The summed E-state index contributed by atoms with van der Waals surface area (Å²) in [4.78, 5) is 19.0. The zero-order chi connectivity index (χ0) is 18.1. The molecule has 1 aromatic heterocycles. The summed E-state index contributed by atoms with van der Waals surface area (Å²) < 4.78 is 0. The average molecular weight is 364 g/mol. The molecule has 1 aliphatic rings. The fourth-order valence-electron chi connectivity index (χ4n) is 3.35. The van der Waals surface area contributed by atoms with Crippen LogP contribution in [0.4, 0.5) is 17.1 Å². The smallest absolute Gasteiger partial charge is 0.274 e. The van der Waals surface area contributed by atoms with E-state index in [0.717, 1.165) is 12.1 Å². The van der Waals surface area contributed by atoms with Crippen LogP contribution in [0.1, 0.15) is 23.0 Å². The number of para-hydroxylation sites is 1. The molecule has 0 spiro atoms. The van der Waals surface area contributed by atoms with E-state index in [1.165, 1.54) is 11.3 Å². The molecule has 1 aliphatic heterocycles. The van der Waals surface area contributed by atoms with Crippen molar-refractivity contribution in [3.63, 3.8) is 0 Å². The molecule has 1 amide bonds. The molecule has 0 saturated carbocycles. The molecule has 130 valence electrons. The Morgan fingerprint density at radius 2 is 1.88 bits per heavy atom. The number of carbonyl (C=O) groups is 1. The first-order valence-electron chi connectivity index (χ1n) is 8.52. The van der Waals surface area contributed by atoms with Gasteiger partial charge in [-0.25, -0.2) is 4.98 Å². The number of pyridine rings is 1. The lowest BCUT2D eigenvalue weighted by atomic mass is 10.1. The molecule has 1 atom stereocenters. The second-order valence-corrected chi connectivity index (χ2v) is 6.85. The molecular weight excluding hydrogens is 346 g/mol. The SMILES string of the molecule is CC1Cc2ccccc2N1c1ccc(C(=O)Nc2ccc(Cl)cc2)nc1. The number of anilines is 3. The molecule has 0 aliphatic carbocycles. The predicted octanol–water partition coefficient (Wildman–Crippen LogP) is 5.07. The summed E-state index contributed by atoms with van der Waals surface area (Å²) in [5, 5.41) is 3.46. The zero-order valence-corrected chi connectivity index (χ0v) is 15.1. The Bertz CT molecular complexity index is 938. The highest BCUT2D eigenvalue weighted by Crippen LogP contribution is 2.37. The number of amides is 1. The van der Waals surface area contributed by atoms with Gasteiger partial charge in [-0.15, -0.1) is 0 Å². The van der Waals surface area contributed by atoms with Crippen molar-refractivity contribution in [2.75, 3.05) is 10.2 Å². The first-order chi connectivity index (χ1) is 12.6. The van der Waals surface area contributed by atoms with Crippen molar-refractivity contribution in [2.45, 2.75) is 19.4 Å². The van der Waals surface area contributed by atoms with Gasteiger partial charge in [0.1, 0.15) is 5.69 Å². The number of fused-ring (bicyclic) bond motifs is 1. The standard InChI is InChI=1S/C21H18ClN3O/c1-14-12-15-4-2-3-5-20(15)25(14)18-10-11-19(23-13-18)21(26)24-17-8-6-16(22)7-9-17/h2-11,13-14H,12H2,1H3,(H,24,26). The van der Waals surface area contributed by atoms with E-state index in [1.54, 1.807) is 36.5 Å². The summed E-state index contributed by atoms with van der Waals surface area (Å²) in [6.45, 7) is 2.20. The van der Waals surface area contributed by atoms with Crippen molar-refractivity contribution >= 4 is 34.6 Å². The predicted molar refractivity (Wildman–Crippen MR) is 105 cm³/mol. The summed E-state index contributed by atoms with van der Waals surface area (Å²) in [6.07, 6.45) is 2.77. The van der Waals surface area contributed by atoms with Gasteiger partial charge in [0.15, 0.2) is 0 Å². The van der Waals surface area contributed by atoms with Crippen molar-refractivity contribution < 1.29 is 4.79 Å². The summed E-state index contributed by atoms with van der Waals surface area (Å²) in [5.74, 6) is -0.242. The van der Waals surface area contributed by atoms with Gasteiger partial charge in [0.2, 0.25) is 0 Å². The lowest BCUT2D eigenvalue weighted by Gasteiger charge is -2.24. The highest BCUT2D eigenvalue weighted by atomic mass is 35.5. The van der Waals surface area contributed by atoms with Gasteiger partial charge in [-0.1, -0.05) is 29.8 Å². The quantitative estimate of drug-likeness (QED) is 0.706. The van der Waals surface area contributed by atoms with Crippen LogP contribution < -0.4 is 10.2 Å². The number of hydrogen-bond acceptors (Lipinski definition) is 3. The topological polar surface area (TPSA) is 45.2 Å². The van der Waals surface area contributed by atoms with Crippen LogP contribution in [0.5, 0.6) is 0 Å². The number of aromatic nitrogens is 1.